The van der Waals surface area contributed by atoms with Gasteiger partial charge in [0.25, 0.3) is 0 Å². The SMILES string of the molecule is CCC(CC)C(C)(N)c1ccc(Cl)cc1. The van der Waals surface area contributed by atoms with Gasteiger partial charge in [-0.25, -0.2) is 0 Å². The van der Waals surface area contributed by atoms with Crippen LogP contribution in [0, 0.1) is 5.92 Å². The molecule has 1 aromatic rings. The van der Waals surface area contributed by atoms with Crippen LogP contribution in [-0.2, 0) is 5.54 Å². The molecular formula is C13H20ClN. The van der Waals surface area contributed by atoms with Crippen LogP contribution in [0.1, 0.15) is 39.2 Å². The molecule has 0 bridgehead atoms. The van der Waals surface area contributed by atoms with Crippen molar-refractivity contribution in [2.45, 2.75) is 39.2 Å². The van der Waals surface area contributed by atoms with Gasteiger partial charge in [0.15, 0.2) is 0 Å². The predicted octanol–water partition coefficient (Wildman–Crippen LogP) is 3.95. The predicted molar refractivity (Wildman–Crippen MR) is 67.1 cm³/mol. The Morgan fingerprint density at radius 1 is 1.20 bits per heavy atom. The van der Waals surface area contributed by atoms with E-state index in [1.165, 1.54) is 5.56 Å². The van der Waals surface area contributed by atoms with Gasteiger partial charge in [-0.15, -0.1) is 0 Å². The van der Waals surface area contributed by atoms with E-state index in [0.29, 0.717) is 5.92 Å². The molecule has 2 heteroatoms. The van der Waals surface area contributed by atoms with E-state index in [-0.39, 0.29) is 5.54 Å². The lowest BCUT2D eigenvalue weighted by Crippen LogP contribution is -2.40. The molecule has 1 atom stereocenters. The van der Waals surface area contributed by atoms with Crippen LogP contribution in [0.25, 0.3) is 0 Å². The zero-order valence-electron chi connectivity index (χ0n) is 9.76. The van der Waals surface area contributed by atoms with Crippen molar-refractivity contribution in [3.05, 3.63) is 34.9 Å². The van der Waals surface area contributed by atoms with Crippen LogP contribution in [0.5, 0.6) is 0 Å². The highest BCUT2D eigenvalue weighted by atomic mass is 35.5. The summed E-state index contributed by atoms with van der Waals surface area (Å²) in [5.41, 5.74) is 7.32. The van der Waals surface area contributed by atoms with Gasteiger partial charge < -0.3 is 5.73 Å². The second-order valence-corrected chi connectivity index (χ2v) is 4.74. The highest BCUT2D eigenvalue weighted by Crippen LogP contribution is 2.31. The maximum absolute atomic E-state index is 6.41. The fourth-order valence-electron chi connectivity index (χ4n) is 2.18. The van der Waals surface area contributed by atoms with E-state index in [4.69, 9.17) is 17.3 Å². The molecule has 0 amide bonds. The first-order chi connectivity index (χ1) is 7.02. The van der Waals surface area contributed by atoms with Crippen molar-refractivity contribution in [2.24, 2.45) is 11.7 Å². The molecule has 15 heavy (non-hydrogen) atoms. The molecule has 1 nitrogen and oxygen atoms in total. The van der Waals surface area contributed by atoms with Gasteiger partial charge in [0.2, 0.25) is 0 Å². The highest BCUT2D eigenvalue weighted by Gasteiger charge is 2.29. The first kappa shape index (κ1) is 12.5. The summed E-state index contributed by atoms with van der Waals surface area (Å²) in [5, 5.41) is 0.763. The van der Waals surface area contributed by atoms with E-state index in [9.17, 15) is 0 Å². The molecule has 1 aromatic carbocycles. The number of hydrogen-bond acceptors (Lipinski definition) is 1. The van der Waals surface area contributed by atoms with Crippen molar-refractivity contribution in [1.82, 2.24) is 0 Å². The molecule has 1 rings (SSSR count). The van der Waals surface area contributed by atoms with Gasteiger partial charge in [0.1, 0.15) is 0 Å². The summed E-state index contributed by atoms with van der Waals surface area (Å²) in [7, 11) is 0. The standard InChI is InChI=1S/C13H20ClN/c1-4-10(5-2)13(3,15)11-6-8-12(14)9-7-11/h6-10H,4-5,15H2,1-3H3. The first-order valence-corrected chi connectivity index (χ1v) is 5.95. The molecule has 0 fully saturated rings. The summed E-state index contributed by atoms with van der Waals surface area (Å²) in [4.78, 5) is 0. The van der Waals surface area contributed by atoms with E-state index in [1.807, 2.05) is 24.3 Å². The first-order valence-electron chi connectivity index (χ1n) is 5.57. The van der Waals surface area contributed by atoms with Gasteiger partial charge in [0.05, 0.1) is 0 Å². The van der Waals surface area contributed by atoms with E-state index < -0.39 is 0 Å². The highest BCUT2D eigenvalue weighted by molar-refractivity contribution is 6.30. The Hall–Kier alpha value is -0.530. The normalized spacial score (nSPS) is 15.3. The largest absolute Gasteiger partial charge is 0.321 e. The fraction of sp³-hybridized carbons (Fsp3) is 0.538. The summed E-state index contributed by atoms with van der Waals surface area (Å²) in [5.74, 6) is 0.513. The van der Waals surface area contributed by atoms with Crippen LogP contribution in [0.3, 0.4) is 0 Å². The Morgan fingerprint density at radius 2 is 1.67 bits per heavy atom. The Labute approximate surface area is 97.6 Å². The Morgan fingerprint density at radius 3 is 2.07 bits per heavy atom. The Bertz CT molecular complexity index is 299. The van der Waals surface area contributed by atoms with Crippen LogP contribution in [0.15, 0.2) is 24.3 Å². The minimum absolute atomic E-state index is 0.256. The van der Waals surface area contributed by atoms with Gasteiger partial charge in [-0.05, 0) is 30.5 Å². The van der Waals surface area contributed by atoms with Crippen molar-refractivity contribution in [1.29, 1.82) is 0 Å². The van der Waals surface area contributed by atoms with E-state index >= 15 is 0 Å². The van der Waals surface area contributed by atoms with Crippen molar-refractivity contribution in [3.63, 3.8) is 0 Å². The van der Waals surface area contributed by atoms with E-state index in [1.54, 1.807) is 0 Å². The molecule has 0 heterocycles. The van der Waals surface area contributed by atoms with E-state index in [0.717, 1.165) is 17.9 Å². The van der Waals surface area contributed by atoms with Crippen molar-refractivity contribution >= 4 is 11.6 Å². The smallest absolute Gasteiger partial charge is 0.0409 e. The third kappa shape index (κ3) is 2.73. The van der Waals surface area contributed by atoms with Gasteiger partial charge >= 0.3 is 0 Å². The number of hydrogen-bond donors (Lipinski definition) is 1. The van der Waals surface area contributed by atoms with Crippen molar-refractivity contribution in [3.8, 4) is 0 Å². The van der Waals surface area contributed by atoms with Crippen LogP contribution in [0.4, 0.5) is 0 Å². The summed E-state index contributed by atoms with van der Waals surface area (Å²) in [6.45, 7) is 6.48. The molecule has 0 saturated heterocycles. The van der Waals surface area contributed by atoms with Crippen molar-refractivity contribution < 1.29 is 0 Å². The topological polar surface area (TPSA) is 26.0 Å². The number of halogens is 1. The zero-order chi connectivity index (χ0) is 11.5. The number of benzene rings is 1. The molecular weight excluding hydrogens is 206 g/mol. The summed E-state index contributed by atoms with van der Waals surface area (Å²) < 4.78 is 0. The average molecular weight is 226 g/mol. The molecule has 2 N–H and O–H groups in total. The Balaban J connectivity index is 2.98. The lowest BCUT2D eigenvalue weighted by molar-refractivity contribution is 0.282. The van der Waals surface area contributed by atoms with Gasteiger partial charge in [-0.1, -0.05) is 50.4 Å². The lowest BCUT2D eigenvalue weighted by Gasteiger charge is -2.33. The third-order valence-electron chi connectivity index (χ3n) is 3.30. The maximum atomic E-state index is 6.41. The summed E-state index contributed by atoms with van der Waals surface area (Å²) in [6.07, 6.45) is 2.21. The number of nitrogens with two attached hydrogens (primary N) is 1. The molecule has 1 unspecified atom stereocenters. The number of rotatable bonds is 4. The maximum Gasteiger partial charge on any atom is 0.0409 e. The molecule has 0 spiro atoms. The lowest BCUT2D eigenvalue weighted by atomic mass is 9.77. The van der Waals surface area contributed by atoms with Crippen LogP contribution in [-0.4, -0.2) is 0 Å². The monoisotopic (exact) mass is 225 g/mol. The second kappa shape index (κ2) is 5.00. The molecule has 0 aliphatic heterocycles. The molecule has 0 radical (unpaired) electrons. The molecule has 0 aliphatic carbocycles. The summed E-state index contributed by atoms with van der Waals surface area (Å²) in [6, 6.07) is 7.87. The molecule has 84 valence electrons. The van der Waals surface area contributed by atoms with Crippen molar-refractivity contribution in [2.75, 3.05) is 0 Å². The minimum Gasteiger partial charge on any atom is -0.321 e. The van der Waals surface area contributed by atoms with Crippen LogP contribution < -0.4 is 5.73 Å². The minimum atomic E-state index is -0.256. The second-order valence-electron chi connectivity index (χ2n) is 4.30. The zero-order valence-corrected chi connectivity index (χ0v) is 10.5. The van der Waals surface area contributed by atoms with Crippen LogP contribution >= 0.6 is 11.6 Å². The van der Waals surface area contributed by atoms with E-state index in [2.05, 4.69) is 20.8 Å². The average Bonchev–Trinajstić information content (AvgIpc) is 2.19. The van der Waals surface area contributed by atoms with Gasteiger partial charge in [0, 0.05) is 10.6 Å². The molecule has 0 saturated carbocycles. The Kier molecular flexibility index (Phi) is 4.18. The molecule has 0 aromatic heterocycles. The van der Waals surface area contributed by atoms with Gasteiger partial charge in [-0.2, -0.15) is 0 Å². The molecule has 0 aliphatic rings. The fourth-order valence-corrected chi connectivity index (χ4v) is 2.31. The summed E-state index contributed by atoms with van der Waals surface area (Å²) >= 11 is 5.87. The van der Waals surface area contributed by atoms with Gasteiger partial charge in [-0.3, -0.25) is 0 Å². The third-order valence-corrected chi connectivity index (χ3v) is 3.55. The quantitative estimate of drug-likeness (QED) is 0.825. The van der Waals surface area contributed by atoms with Crippen LogP contribution in [0.2, 0.25) is 5.02 Å².